The predicted octanol–water partition coefficient (Wildman–Crippen LogP) is 33.3. The molecule has 4 aliphatic heterocycles. The van der Waals surface area contributed by atoms with Crippen LogP contribution in [0.5, 0.6) is 0 Å². The highest BCUT2D eigenvalue weighted by atomic mass is 15.4. The molecular formula is C135H172N11+3. The molecule has 16 aromatic rings. The van der Waals surface area contributed by atoms with Crippen molar-refractivity contribution in [2.24, 2.45) is 14.1 Å². The van der Waals surface area contributed by atoms with Gasteiger partial charge in [0.05, 0.1) is 35.8 Å². The van der Waals surface area contributed by atoms with Gasteiger partial charge in [-0.2, -0.15) is 17.9 Å². The molecule has 0 fully saturated rings. The first-order valence-corrected chi connectivity index (χ1v) is 54.0. The second-order valence-electron chi connectivity index (χ2n) is 51.3. The van der Waals surface area contributed by atoms with Crippen LogP contribution in [0.15, 0.2) is 231 Å². The van der Waals surface area contributed by atoms with Gasteiger partial charge in [-0.05, 0) is 232 Å². The summed E-state index contributed by atoms with van der Waals surface area (Å²) in [6, 6.07) is 69.7. The van der Waals surface area contributed by atoms with E-state index in [0.717, 1.165) is 5.52 Å². The van der Waals surface area contributed by atoms with Crippen molar-refractivity contribution >= 4 is 66.2 Å². The predicted molar refractivity (Wildman–Crippen MR) is 625 cm³/mol. The molecule has 10 aromatic carbocycles. The monoisotopic (exact) mass is 1950 g/mol. The van der Waals surface area contributed by atoms with Crippen LogP contribution in [0.3, 0.4) is 0 Å². The number of hydrogen-bond donors (Lipinski definition) is 0. The smallest absolute Gasteiger partial charge is 0.297 e. The van der Waals surface area contributed by atoms with Crippen molar-refractivity contribution in [2.45, 2.75) is 349 Å². The molecule has 0 saturated heterocycles. The number of para-hydroxylation sites is 1. The highest BCUT2D eigenvalue weighted by Crippen LogP contribution is 2.58. The Morgan fingerprint density at radius 2 is 0.788 bits per heavy atom. The third kappa shape index (κ3) is 17.9. The second kappa shape index (κ2) is 38.1. The van der Waals surface area contributed by atoms with Crippen molar-refractivity contribution in [3.63, 3.8) is 0 Å². The number of imidazole rings is 3. The molecule has 0 bridgehead atoms. The van der Waals surface area contributed by atoms with Crippen LogP contribution in [-0.4, -0.2) is 54.6 Å². The molecule has 10 heterocycles. The van der Waals surface area contributed by atoms with Gasteiger partial charge in [-0.3, -0.25) is 4.98 Å². The van der Waals surface area contributed by atoms with Crippen molar-refractivity contribution in [3.05, 3.63) is 343 Å². The summed E-state index contributed by atoms with van der Waals surface area (Å²) in [6.45, 7) is 90.5. The van der Waals surface area contributed by atoms with E-state index in [0.29, 0.717) is 30.1 Å². The number of aryl methyl sites for hydroxylation is 6. The third-order valence-corrected chi connectivity index (χ3v) is 34.6. The Morgan fingerprint density at radius 3 is 1.24 bits per heavy atom. The number of hydrogen-bond acceptors (Lipinski definition) is 5. The Morgan fingerprint density at radius 1 is 0.370 bits per heavy atom. The Kier molecular flexibility index (Phi) is 27.8. The van der Waals surface area contributed by atoms with Crippen LogP contribution in [0.4, 0.5) is 11.4 Å². The highest BCUT2D eigenvalue weighted by molar-refractivity contribution is 6.16. The van der Waals surface area contributed by atoms with Crippen LogP contribution in [0.1, 0.15) is 344 Å². The second-order valence-corrected chi connectivity index (χ2v) is 51.3. The van der Waals surface area contributed by atoms with Crippen LogP contribution in [0.2, 0.25) is 0 Å². The molecule has 11 nitrogen and oxygen atoms in total. The largest absolute Gasteiger partial charge is 0.359 e. The van der Waals surface area contributed by atoms with Gasteiger partial charge in [-0.25, -0.2) is 9.13 Å². The van der Waals surface area contributed by atoms with Crippen molar-refractivity contribution in [1.82, 2.24) is 28.2 Å². The van der Waals surface area contributed by atoms with Gasteiger partial charge in [0.15, 0.2) is 22.8 Å². The van der Waals surface area contributed by atoms with E-state index < -0.39 is 0 Å². The topological polar surface area (TPSA) is 51.2 Å². The lowest BCUT2D eigenvalue weighted by Gasteiger charge is -2.43. The zero-order valence-corrected chi connectivity index (χ0v) is 97.2. The van der Waals surface area contributed by atoms with Crippen molar-refractivity contribution < 1.29 is 13.7 Å². The summed E-state index contributed by atoms with van der Waals surface area (Å²) in [6.07, 6.45) is 15.8. The lowest BCUT2D eigenvalue weighted by molar-refractivity contribution is -0.632. The molecule has 0 spiro atoms. The first-order chi connectivity index (χ1) is 68.0. The SMILES string of the molecule is Cc1c(-[n+]2ccn(-c3ccccc3)c2C)cccc1C(C)(C)C.Cc1c(N2C=CN(C)[C@@H]2C)cc(-c2c(C(C)C)cc(C(C)C)cc2C(C)C)cc1C(C)(C)C.Cc1c(N2C=CN(C)[C@@H]2C)cccc1C(C)(C)C.Cc1ccc2c3c1c1ccc(C(C)(C)C)c(C)c1c1n3c(c(-c3ccccc3)[n+]1C)C(C)(C)C2(C)C.Cc1ccc2c3c1c1ncc(C(C)(C)C)c(C)c1c1n3c(c(-c3ccccc3)[n+]1C)C(C)(C)C2(C)C. The molecule has 0 saturated carbocycles. The van der Waals surface area contributed by atoms with Crippen LogP contribution >= 0.6 is 0 Å². The fourth-order valence-corrected chi connectivity index (χ4v) is 24.8. The van der Waals surface area contributed by atoms with Gasteiger partial charge in [0.25, 0.3) is 17.1 Å². The molecule has 20 rings (SSSR count). The van der Waals surface area contributed by atoms with Crippen molar-refractivity contribution in [2.75, 3.05) is 23.9 Å². The van der Waals surface area contributed by atoms with Crippen LogP contribution < -0.4 is 23.5 Å². The first-order valence-electron chi connectivity index (χ1n) is 54.0. The molecule has 2 atom stereocenters. The number of fused-ring (bicyclic) bond motifs is 6. The number of anilines is 2. The van der Waals surface area contributed by atoms with Gasteiger partial charge in [0.1, 0.15) is 47.1 Å². The quantitative estimate of drug-likeness (QED) is 0.101. The minimum absolute atomic E-state index is 0.0166. The van der Waals surface area contributed by atoms with Crippen LogP contribution in [-0.2, 0) is 62.8 Å². The zero-order chi connectivity index (χ0) is 107. The summed E-state index contributed by atoms with van der Waals surface area (Å²) in [4.78, 5) is 14.5. The molecule has 0 unspecified atom stereocenters. The molecule has 0 radical (unpaired) electrons. The van der Waals surface area contributed by atoms with Gasteiger partial charge in [0.2, 0.25) is 0 Å². The molecule has 11 heteroatoms. The van der Waals surface area contributed by atoms with Gasteiger partial charge in [-0.15, -0.1) is 0 Å². The number of pyridine rings is 3. The molecule has 0 N–H and O–H groups in total. The Labute approximate surface area is 877 Å². The average Bonchev–Trinajstić information content (AvgIpc) is 1.47. The maximum atomic E-state index is 5.22. The number of rotatable bonds is 10. The van der Waals surface area contributed by atoms with E-state index >= 15 is 0 Å². The first kappa shape index (κ1) is 106. The van der Waals surface area contributed by atoms with E-state index in [2.05, 4.69) is 570 Å². The molecule has 0 aliphatic carbocycles. The van der Waals surface area contributed by atoms with Gasteiger partial charge in [-0.1, -0.05) is 359 Å². The summed E-state index contributed by atoms with van der Waals surface area (Å²) in [5.74, 6) is 2.66. The van der Waals surface area contributed by atoms with Crippen molar-refractivity contribution in [3.8, 4) is 45.0 Å². The summed E-state index contributed by atoms with van der Waals surface area (Å²) >= 11 is 0. The summed E-state index contributed by atoms with van der Waals surface area (Å²) in [5.41, 5.74) is 46.2. The normalized spacial score (nSPS) is 16.2. The average molecular weight is 1950 g/mol. The summed E-state index contributed by atoms with van der Waals surface area (Å²) in [5, 5.41) is 6.72. The number of aromatic nitrogens is 7. The van der Waals surface area contributed by atoms with E-state index in [-0.39, 0.29) is 48.7 Å². The van der Waals surface area contributed by atoms with Crippen LogP contribution in [0.25, 0.3) is 99.8 Å². The molecule has 0 amide bonds. The van der Waals surface area contributed by atoms with E-state index in [4.69, 9.17) is 4.98 Å². The minimum Gasteiger partial charge on any atom is -0.359 e. The van der Waals surface area contributed by atoms with Gasteiger partial charge < -0.3 is 19.6 Å². The Hall–Kier alpha value is -12.3. The lowest BCUT2D eigenvalue weighted by Crippen LogP contribution is -2.44. The van der Waals surface area contributed by atoms with Crippen molar-refractivity contribution in [1.29, 1.82) is 0 Å². The fraction of sp³-hybridized carbons (Fsp3) is 0.422. The van der Waals surface area contributed by atoms with E-state index in [1.54, 1.807) is 0 Å². The van der Waals surface area contributed by atoms with E-state index in [1.165, 1.54) is 217 Å². The standard InChI is InChI=1S/C34H39N2.C33H38N3.C31H46N2.C21H25N2.C16H24N2/c1-20-16-18-25-29-26(20)23-17-19-24(32(3,4)5)21(2)27(23)31-35(10)28(22-14-12-11-13-15-22)30(36(29)31)34(8,9)33(25,6)7;1-19-16-17-22-28-24(19)26-25(20(2)23(18-34-26)31(3,4)5)30-35(10)27(21-14-12-11-13-15-21)29(36(28)30)33(8,9)32(22,6)7;1-19(2)24-15-26(20(3)4)30(27(16-24)21(5)6)25-17-28(31(9,10)11)22(7)29(18-25)33-14-13-32(12)23(33)8;1-16-19(21(3,4)5)12-9-13-20(16)23-15-14-22(17(23)2)18-10-7-6-8-11-18;1-12-14(16(3,4)5)8-7-9-15(12)18-11-10-17(6)13(18)2/h11-19H,1-10H3;11-18H,1-10H3;13-21,23H,1-12H3;6-15H,1-5H3;7-11,13H,1-6H3/q2*+1;;+1;/t;;23-;;13-/m..0.0/s1. The fourth-order valence-electron chi connectivity index (χ4n) is 24.8. The zero-order valence-electron chi connectivity index (χ0n) is 97.2. The molecule has 6 aromatic heterocycles. The Bertz CT molecular complexity index is 7530. The molecule has 764 valence electrons. The van der Waals surface area contributed by atoms with Crippen LogP contribution in [0, 0.1) is 55.4 Å². The molecular weight excluding hydrogens is 1780 g/mol. The Balaban J connectivity index is 0.000000133. The number of nitrogens with zero attached hydrogens (tertiary/aromatic N) is 11. The third-order valence-electron chi connectivity index (χ3n) is 34.6. The minimum atomic E-state index is -0.103. The maximum Gasteiger partial charge on any atom is 0.297 e. The summed E-state index contributed by atoms with van der Waals surface area (Å²) < 4.78 is 14.7. The number of benzene rings is 10. The highest BCUT2D eigenvalue weighted by Gasteiger charge is 2.56. The maximum absolute atomic E-state index is 5.22. The molecule has 146 heavy (non-hydrogen) atoms. The van der Waals surface area contributed by atoms with Gasteiger partial charge in [0, 0.05) is 118 Å². The van der Waals surface area contributed by atoms with E-state index in [1.807, 2.05) is 6.07 Å². The lowest BCUT2D eigenvalue weighted by atomic mass is 9.60. The molecule has 4 aliphatic rings. The summed E-state index contributed by atoms with van der Waals surface area (Å²) in [7, 11) is 8.80. The van der Waals surface area contributed by atoms with E-state index in [9.17, 15) is 0 Å². The van der Waals surface area contributed by atoms with Gasteiger partial charge >= 0.3 is 0 Å².